The van der Waals surface area contributed by atoms with Crippen LogP contribution in [0.15, 0.2) is 29.3 Å². The minimum atomic E-state index is 0. The molecular formula is C18H29IN4O2. The van der Waals surface area contributed by atoms with Crippen molar-refractivity contribution in [2.24, 2.45) is 4.99 Å². The number of hydrogen-bond acceptors (Lipinski definition) is 4. The van der Waals surface area contributed by atoms with Crippen LogP contribution in [-0.2, 0) is 11.3 Å². The number of halogens is 1. The van der Waals surface area contributed by atoms with Crippen LogP contribution in [0.1, 0.15) is 18.4 Å². The Bertz CT molecular complexity index is 570. The molecule has 0 saturated carbocycles. The molecule has 2 N–H and O–H groups in total. The first-order chi connectivity index (χ1) is 11.8. The molecule has 7 heteroatoms. The molecule has 2 aliphatic rings. The summed E-state index contributed by atoms with van der Waals surface area (Å²) >= 11 is 0. The Kier molecular flexibility index (Phi) is 8.25. The molecule has 3 rings (SSSR count). The molecule has 2 atom stereocenters. The number of nitrogens with one attached hydrogen (secondary N) is 2. The Hall–Kier alpha value is -1.06. The zero-order valence-electron chi connectivity index (χ0n) is 15.0. The second kappa shape index (κ2) is 10.2. The zero-order valence-corrected chi connectivity index (χ0v) is 17.4. The number of hydrogen-bond donors (Lipinski definition) is 2. The summed E-state index contributed by atoms with van der Waals surface area (Å²) in [5, 5.41) is 6.71. The van der Waals surface area contributed by atoms with Crippen LogP contribution in [0.3, 0.4) is 0 Å². The fourth-order valence-corrected chi connectivity index (χ4v) is 3.47. The lowest BCUT2D eigenvalue weighted by Gasteiger charge is -2.35. The number of fused-ring (bicyclic) bond motifs is 1. The van der Waals surface area contributed by atoms with Gasteiger partial charge in [0.05, 0.1) is 19.8 Å². The molecule has 0 radical (unpaired) electrons. The van der Waals surface area contributed by atoms with Gasteiger partial charge in [0.2, 0.25) is 0 Å². The first-order valence-corrected chi connectivity index (χ1v) is 8.72. The SMILES string of the molecule is CN=C(NCc1ccccc1OC)NCC1CN2CCCC2CO1.I. The van der Waals surface area contributed by atoms with E-state index in [0.29, 0.717) is 12.6 Å². The number of benzene rings is 1. The molecule has 1 aromatic rings. The summed E-state index contributed by atoms with van der Waals surface area (Å²) in [5.41, 5.74) is 1.11. The van der Waals surface area contributed by atoms with Gasteiger partial charge in [0.1, 0.15) is 5.75 Å². The highest BCUT2D eigenvalue weighted by Gasteiger charge is 2.32. The molecule has 140 valence electrons. The quantitative estimate of drug-likeness (QED) is 0.399. The molecule has 2 heterocycles. The number of nitrogens with zero attached hydrogens (tertiary/aromatic N) is 2. The Labute approximate surface area is 167 Å². The minimum Gasteiger partial charge on any atom is -0.496 e. The second-order valence-corrected chi connectivity index (χ2v) is 6.36. The van der Waals surface area contributed by atoms with Gasteiger partial charge in [-0.15, -0.1) is 24.0 Å². The van der Waals surface area contributed by atoms with Gasteiger partial charge in [-0.25, -0.2) is 0 Å². The van der Waals surface area contributed by atoms with E-state index in [1.165, 1.54) is 19.4 Å². The highest BCUT2D eigenvalue weighted by molar-refractivity contribution is 14.0. The van der Waals surface area contributed by atoms with Crippen molar-refractivity contribution in [2.45, 2.75) is 31.5 Å². The van der Waals surface area contributed by atoms with E-state index < -0.39 is 0 Å². The van der Waals surface area contributed by atoms with Gasteiger partial charge >= 0.3 is 0 Å². The smallest absolute Gasteiger partial charge is 0.191 e. The first kappa shape index (κ1) is 20.3. The van der Waals surface area contributed by atoms with Crippen molar-refractivity contribution in [3.63, 3.8) is 0 Å². The van der Waals surface area contributed by atoms with E-state index in [-0.39, 0.29) is 30.1 Å². The zero-order chi connectivity index (χ0) is 16.8. The Morgan fingerprint density at radius 3 is 3.00 bits per heavy atom. The van der Waals surface area contributed by atoms with E-state index >= 15 is 0 Å². The van der Waals surface area contributed by atoms with Crippen LogP contribution < -0.4 is 15.4 Å². The van der Waals surface area contributed by atoms with Gasteiger partial charge in [-0.05, 0) is 25.5 Å². The maximum absolute atomic E-state index is 5.98. The largest absolute Gasteiger partial charge is 0.496 e. The number of morpholine rings is 1. The average molecular weight is 460 g/mol. The summed E-state index contributed by atoms with van der Waals surface area (Å²) in [7, 11) is 3.48. The van der Waals surface area contributed by atoms with Crippen molar-refractivity contribution in [3.8, 4) is 5.75 Å². The fraction of sp³-hybridized carbons (Fsp3) is 0.611. The number of rotatable bonds is 5. The van der Waals surface area contributed by atoms with Crippen molar-refractivity contribution in [2.75, 3.05) is 40.4 Å². The molecule has 0 bridgehead atoms. The highest BCUT2D eigenvalue weighted by Crippen LogP contribution is 2.22. The predicted molar refractivity (Wildman–Crippen MR) is 111 cm³/mol. The lowest BCUT2D eigenvalue weighted by Crippen LogP contribution is -2.51. The van der Waals surface area contributed by atoms with Gasteiger partial charge in [0.25, 0.3) is 0 Å². The monoisotopic (exact) mass is 460 g/mol. The number of aliphatic imine (C=N–C) groups is 1. The second-order valence-electron chi connectivity index (χ2n) is 6.36. The average Bonchev–Trinajstić information content (AvgIpc) is 3.10. The van der Waals surface area contributed by atoms with Crippen LogP contribution in [0.25, 0.3) is 0 Å². The number of para-hydroxylation sites is 1. The molecular weight excluding hydrogens is 431 g/mol. The molecule has 0 amide bonds. The predicted octanol–water partition coefficient (Wildman–Crippen LogP) is 1.84. The molecule has 1 aromatic carbocycles. The molecule has 2 fully saturated rings. The van der Waals surface area contributed by atoms with Gasteiger partial charge < -0.3 is 20.1 Å². The normalized spacial score (nSPS) is 23.5. The number of ether oxygens (including phenoxy) is 2. The van der Waals surface area contributed by atoms with Gasteiger partial charge in [-0.3, -0.25) is 9.89 Å². The molecule has 0 aliphatic carbocycles. The first-order valence-electron chi connectivity index (χ1n) is 8.72. The summed E-state index contributed by atoms with van der Waals surface area (Å²) in [4.78, 5) is 6.85. The van der Waals surface area contributed by atoms with Crippen LogP contribution in [0.2, 0.25) is 0 Å². The van der Waals surface area contributed by atoms with Crippen LogP contribution in [0.5, 0.6) is 5.75 Å². The van der Waals surface area contributed by atoms with E-state index in [2.05, 4.69) is 26.6 Å². The van der Waals surface area contributed by atoms with E-state index in [1.807, 2.05) is 18.2 Å². The molecule has 0 spiro atoms. The molecule has 25 heavy (non-hydrogen) atoms. The lowest BCUT2D eigenvalue weighted by molar-refractivity contribution is -0.0453. The third-order valence-corrected chi connectivity index (χ3v) is 4.82. The summed E-state index contributed by atoms with van der Waals surface area (Å²) in [6.45, 7) is 4.53. The van der Waals surface area contributed by atoms with Crippen molar-refractivity contribution in [1.82, 2.24) is 15.5 Å². The highest BCUT2D eigenvalue weighted by atomic mass is 127. The molecule has 2 aliphatic heterocycles. The molecule has 2 unspecified atom stereocenters. The minimum absolute atomic E-state index is 0. The Morgan fingerprint density at radius 2 is 2.20 bits per heavy atom. The van der Waals surface area contributed by atoms with Crippen LogP contribution >= 0.6 is 24.0 Å². The summed E-state index contributed by atoms with van der Waals surface area (Å²) < 4.78 is 11.4. The maximum Gasteiger partial charge on any atom is 0.191 e. The number of guanidine groups is 1. The Morgan fingerprint density at radius 1 is 1.36 bits per heavy atom. The van der Waals surface area contributed by atoms with Gasteiger partial charge in [-0.1, -0.05) is 18.2 Å². The van der Waals surface area contributed by atoms with E-state index in [0.717, 1.165) is 37.0 Å². The van der Waals surface area contributed by atoms with Crippen molar-refractivity contribution in [1.29, 1.82) is 0 Å². The van der Waals surface area contributed by atoms with Gasteiger partial charge in [0, 0.05) is 38.3 Å². The topological polar surface area (TPSA) is 58.1 Å². The van der Waals surface area contributed by atoms with Crippen molar-refractivity contribution in [3.05, 3.63) is 29.8 Å². The Balaban J connectivity index is 0.00000225. The van der Waals surface area contributed by atoms with Crippen LogP contribution in [-0.4, -0.2) is 63.4 Å². The summed E-state index contributed by atoms with van der Waals surface area (Å²) in [5.74, 6) is 1.67. The van der Waals surface area contributed by atoms with Gasteiger partial charge in [0.15, 0.2) is 5.96 Å². The third kappa shape index (κ3) is 5.46. The molecule has 2 saturated heterocycles. The van der Waals surface area contributed by atoms with Crippen LogP contribution in [0.4, 0.5) is 0 Å². The van der Waals surface area contributed by atoms with Gasteiger partial charge in [-0.2, -0.15) is 0 Å². The van der Waals surface area contributed by atoms with Crippen LogP contribution in [0, 0.1) is 0 Å². The fourth-order valence-electron chi connectivity index (χ4n) is 3.47. The van der Waals surface area contributed by atoms with E-state index in [9.17, 15) is 0 Å². The molecule has 6 nitrogen and oxygen atoms in total. The summed E-state index contributed by atoms with van der Waals surface area (Å²) in [6, 6.07) is 8.65. The maximum atomic E-state index is 5.98. The summed E-state index contributed by atoms with van der Waals surface area (Å²) in [6.07, 6.45) is 2.81. The lowest BCUT2D eigenvalue weighted by atomic mass is 10.2. The molecule has 0 aromatic heterocycles. The van der Waals surface area contributed by atoms with E-state index in [4.69, 9.17) is 9.47 Å². The third-order valence-electron chi connectivity index (χ3n) is 4.82. The van der Waals surface area contributed by atoms with E-state index in [1.54, 1.807) is 14.2 Å². The van der Waals surface area contributed by atoms with Crippen molar-refractivity contribution < 1.29 is 9.47 Å². The number of methoxy groups -OCH3 is 1. The van der Waals surface area contributed by atoms with Crippen molar-refractivity contribution >= 4 is 29.9 Å². The standard InChI is InChI=1S/C18H28N4O2.HI/c1-19-18(20-10-14-6-3-4-8-17(14)23-2)21-11-16-12-22-9-5-7-15(22)13-24-16;/h3-4,6,8,15-16H,5,7,9-13H2,1-2H3,(H2,19,20,21);1H.